The van der Waals surface area contributed by atoms with Crippen molar-refractivity contribution in [2.24, 2.45) is 5.41 Å². The van der Waals surface area contributed by atoms with Gasteiger partial charge in [-0.15, -0.1) is 0 Å². The van der Waals surface area contributed by atoms with Crippen LogP contribution in [0.25, 0.3) is 0 Å². The maximum absolute atomic E-state index is 13.2. The zero-order chi connectivity index (χ0) is 22.5. The van der Waals surface area contributed by atoms with Gasteiger partial charge in [0.25, 0.3) is 0 Å². The summed E-state index contributed by atoms with van der Waals surface area (Å²) < 4.78 is 17.0. The Labute approximate surface area is 187 Å². The molecule has 0 radical (unpaired) electrons. The highest BCUT2D eigenvalue weighted by molar-refractivity contribution is 6.30. The lowest BCUT2D eigenvalue weighted by Crippen LogP contribution is -2.45. The number of halogens is 1. The Morgan fingerprint density at radius 2 is 1.61 bits per heavy atom. The summed E-state index contributed by atoms with van der Waals surface area (Å²) >= 11 is 6.04. The molecule has 31 heavy (non-hydrogen) atoms. The molecular formula is C25H25ClO5. The quantitative estimate of drug-likeness (QED) is 0.382. The predicted octanol–water partition coefficient (Wildman–Crippen LogP) is 4.72. The van der Waals surface area contributed by atoms with Crippen LogP contribution in [0, 0.1) is 17.3 Å². The molecule has 0 aliphatic carbocycles. The monoisotopic (exact) mass is 440 g/mol. The summed E-state index contributed by atoms with van der Waals surface area (Å²) in [6, 6.07) is 16.3. The van der Waals surface area contributed by atoms with Crippen molar-refractivity contribution in [3.8, 4) is 11.8 Å². The summed E-state index contributed by atoms with van der Waals surface area (Å²) in [5.41, 5.74) is -1.34. The topological polar surface area (TPSA) is 61.8 Å². The summed E-state index contributed by atoms with van der Waals surface area (Å²) in [4.78, 5) is 26.4. The molecule has 0 bridgehead atoms. The first-order chi connectivity index (χ1) is 14.8. The Hall–Kier alpha value is -2.81. The van der Waals surface area contributed by atoms with Crippen molar-refractivity contribution < 1.29 is 23.8 Å². The van der Waals surface area contributed by atoms with Gasteiger partial charge < -0.3 is 14.2 Å². The molecule has 1 fully saturated rings. The summed E-state index contributed by atoms with van der Waals surface area (Å²) in [6.07, 6.45) is -0.928. The second-order valence-corrected chi connectivity index (χ2v) is 7.92. The van der Waals surface area contributed by atoms with Crippen LogP contribution in [0.2, 0.25) is 5.02 Å². The van der Waals surface area contributed by atoms with Gasteiger partial charge in [-0.1, -0.05) is 53.8 Å². The van der Waals surface area contributed by atoms with E-state index in [0.717, 1.165) is 5.56 Å². The minimum atomic E-state index is -1.68. The average molecular weight is 441 g/mol. The molecule has 1 aliphatic heterocycles. The minimum absolute atomic E-state index is 0.00476. The van der Waals surface area contributed by atoms with Gasteiger partial charge in [-0.3, -0.25) is 9.59 Å². The summed E-state index contributed by atoms with van der Waals surface area (Å²) in [5.74, 6) is 4.84. The molecule has 2 aromatic carbocycles. The van der Waals surface area contributed by atoms with Gasteiger partial charge in [-0.25, -0.2) is 0 Å². The van der Waals surface area contributed by atoms with E-state index in [0.29, 0.717) is 10.6 Å². The van der Waals surface area contributed by atoms with E-state index in [4.69, 9.17) is 25.8 Å². The molecule has 0 N–H and O–H groups in total. The second kappa shape index (κ2) is 9.55. The van der Waals surface area contributed by atoms with Crippen molar-refractivity contribution in [3.05, 3.63) is 70.7 Å². The zero-order valence-electron chi connectivity index (χ0n) is 17.8. The lowest BCUT2D eigenvalue weighted by atomic mass is 9.74. The number of ether oxygens (including phenoxy) is 3. The SMILES string of the molecule is CCOC(=O)C1(C(=O)OCC)C[C@@](C)(C#Cc2ccccc2)O[C@@H]1c1ccc(Cl)cc1. The van der Waals surface area contributed by atoms with Gasteiger partial charge in [0.05, 0.1) is 13.2 Å². The number of hydrogen-bond acceptors (Lipinski definition) is 5. The molecule has 0 spiro atoms. The third-order valence-electron chi connectivity index (χ3n) is 5.14. The molecular weight excluding hydrogens is 416 g/mol. The third-order valence-corrected chi connectivity index (χ3v) is 5.39. The van der Waals surface area contributed by atoms with Gasteiger partial charge >= 0.3 is 11.9 Å². The molecule has 0 aromatic heterocycles. The molecule has 1 aliphatic rings. The lowest BCUT2D eigenvalue weighted by Gasteiger charge is -2.29. The van der Waals surface area contributed by atoms with E-state index in [1.165, 1.54) is 0 Å². The Morgan fingerprint density at radius 1 is 1.03 bits per heavy atom. The number of carbonyl (C=O) groups excluding carboxylic acids is 2. The van der Waals surface area contributed by atoms with Crippen LogP contribution in [0.1, 0.15) is 44.4 Å². The van der Waals surface area contributed by atoms with Gasteiger partial charge in [0, 0.05) is 17.0 Å². The zero-order valence-corrected chi connectivity index (χ0v) is 18.6. The molecule has 2 atom stereocenters. The van der Waals surface area contributed by atoms with Crippen LogP contribution in [-0.2, 0) is 23.8 Å². The first-order valence-corrected chi connectivity index (χ1v) is 10.6. The molecule has 6 heteroatoms. The number of esters is 2. The molecule has 5 nitrogen and oxygen atoms in total. The van der Waals surface area contributed by atoms with Crippen LogP contribution in [0.4, 0.5) is 0 Å². The largest absolute Gasteiger partial charge is 0.465 e. The normalized spacial score (nSPS) is 21.6. The molecule has 2 aromatic rings. The van der Waals surface area contributed by atoms with Crippen molar-refractivity contribution in [3.63, 3.8) is 0 Å². The highest BCUT2D eigenvalue weighted by Gasteiger charge is 2.65. The van der Waals surface area contributed by atoms with E-state index in [2.05, 4.69) is 11.8 Å². The first kappa shape index (κ1) is 22.9. The molecule has 1 heterocycles. The Balaban J connectivity index is 2.11. The molecule has 0 amide bonds. The molecule has 3 rings (SSSR count). The Morgan fingerprint density at radius 3 is 2.16 bits per heavy atom. The maximum Gasteiger partial charge on any atom is 0.326 e. The molecule has 1 saturated heterocycles. The van der Waals surface area contributed by atoms with E-state index in [1.54, 1.807) is 45.0 Å². The summed E-state index contributed by atoms with van der Waals surface area (Å²) in [5, 5.41) is 0.534. The molecule has 0 unspecified atom stereocenters. The minimum Gasteiger partial charge on any atom is -0.465 e. The van der Waals surface area contributed by atoms with Crippen molar-refractivity contribution in [1.29, 1.82) is 0 Å². The van der Waals surface area contributed by atoms with Crippen molar-refractivity contribution in [2.45, 2.75) is 38.9 Å². The Kier molecular flexibility index (Phi) is 7.04. The van der Waals surface area contributed by atoms with Crippen LogP contribution in [0.3, 0.4) is 0 Å². The van der Waals surface area contributed by atoms with Gasteiger partial charge in [0.2, 0.25) is 0 Å². The highest BCUT2D eigenvalue weighted by atomic mass is 35.5. The molecule has 162 valence electrons. The molecule has 0 saturated carbocycles. The average Bonchev–Trinajstić information content (AvgIpc) is 3.09. The maximum atomic E-state index is 13.2. The van der Waals surface area contributed by atoms with Crippen LogP contribution in [0.15, 0.2) is 54.6 Å². The van der Waals surface area contributed by atoms with E-state index in [9.17, 15) is 9.59 Å². The Bertz CT molecular complexity index is 972. The van der Waals surface area contributed by atoms with Crippen LogP contribution >= 0.6 is 11.6 Å². The van der Waals surface area contributed by atoms with Gasteiger partial charge in [0.15, 0.2) is 5.41 Å². The standard InChI is InChI=1S/C25H25ClO5/c1-4-29-22(27)25(23(28)30-5-2)17-24(3,16-15-18-9-7-6-8-10-18)31-21(25)19-11-13-20(26)14-12-19/h6-14,21H,4-5,17H2,1-3H3/t21-,24-/m1/s1. The van der Waals surface area contributed by atoms with E-state index < -0.39 is 29.1 Å². The number of rotatable bonds is 5. The number of carbonyl (C=O) groups is 2. The van der Waals surface area contributed by atoms with E-state index >= 15 is 0 Å². The van der Waals surface area contributed by atoms with Crippen LogP contribution < -0.4 is 0 Å². The van der Waals surface area contributed by atoms with Crippen molar-refractivity contribution in [2.75, 3.05) is 13.2 Å². The van der Waals surface area contributed by atoms with Crippen LogP contribution in [0.5, 0.6) is 0 Å². The van der Waals surface area contributed by atoms with Gasteiger partial charge in [0.1, 0.15) is 11.7 Å². The number of hydrogen-bond donors (Lipinski definition) is 0. The fraction of sp³-hybridized carbons (Fsp3) is 0.360. The van der Waals surface area contributed by atoms with Crippen LogP contribution in [-0.4, -0.2) is 30.8 Å². The smallest absolute Gasteiger partial charge is 0.326 e. The fourth-order valence-electron chi connectivity index (χ4n) is 3.78. The van der Waals surface area contributed by atoms with E-state index in [1.807, 2.05) is 30.3 Å². The van der Waals surface area contributed by atoms with Gasteiger partial charge in [-0.05, 0) is 50.6 Å². The second-order valence-electron chi connectivity index (χ2n) is 7.49. The van der Waals surface area contributed by atoms with Crippen molar-refractivity contribution in [1.82, 2.24) is 0 Å². The summed E-state index contributed by atoms with van der Waals surface area (Å²) in [6.45, 7) is 5.40. The number of benzene rings is 2. The first-order valence-electron chi connectivity index (χ1n) is 10.2. The fourth-order valence-corrected chi connectivity index (χ4v) is 3.90. The summed E-state index contributed by atoms with van der Waals surface area (Å²) in [7, 11) is 0. The van der Waals surface area contributed by atoms with Crippen molar-refractivity contribution >= 4 is 23.5 Å². The van der Waals surface area contributed by atoms with E-state index in [-0.39, 0.29) is 19.6 Å². The highest BCUT2D eigenvalue weighted by Crippen LogP contribution is 2.54. The predicted molar refractivity (Wildman–Crippen MR) is 117 cm³/mol. The van der Waals surface area contributed by atoms with Gasteiger partial charge in [-0.2, -0.15) is 0 Å². The third kappa shape index (κ3) is 4.76. The lowest BCUT2D eigenvalue weighted by molar-refractivity contribution is -0.177.